The summed E-state index contributed by atoms with van der Waals surface area (Å²) in [6.45, 7) is 1.11. The van der Waals surface area contributed by atoms with Crippen LogP contribution in [-0.2, 0) is 13.0 Å². The fraction of sp³-hybridized carbons (Fsp3) is 0.300. The number of benzene rings is 1. The van der Waals surface area contributed by atoms with E-state index >= 15 is 0 Å². The fourth-order valence-corrected chi connectivity index (χ4v) is 2.09. The molecule has 1 amide bonds. The van der Waals surface area contributed by atoms with Crippen molar-refractivity contribution in [2.75, 3.05) is 6.54 Å². The molecule has 14 heavy (non-hydrogen) atoms. The minimum atomic E-state index is -0.835. The summed E-state index contributed by atoms with van der Waals surface area (Å²) in [5.41, 5.74) is 2.36. The highest BCUT2D eigenvalue weighted by atomic mass is 79.9. The Morgan fingerprint density at radius 3 is 2.93 bits per heavy atom. The van der Waals surface area contributed by atoms with E-state index in [9.17, 15) is 4.79 Å². The molecule has 0 aliphatic carbocycles. The van der Waals surface area contributed by atoms with E-state index < -0.39 is 6.09 Å². The molecule has 1 aliphatic rings. The third-order valence-corrected chi connectivity index (χ3v) is 2.94. The van der Waals surface area contributed by atoms with E-state index in [2.05, 4.69) is 22.0 Å². The maximum Gasteiger partial charge on any atom is 0.407 e. The van der Waals surface area contributed by atoms with Crippen LogP contribution >= 0.6 is 15.9 Å². The van der Waals surface area contributed by atoms with Crippen molar-refractivity contribution in [2.24, 2.45) is 0 Å². The average molecular weight is 256 g/mol. The Kier molecular flexibility index (Phi) is 2.46. The second-order valence-corrected chi connectivity index (χ2v) is 4.28. The van der Waals surface area contributed by atoms with Crippen molar-refractivity contribution in [1.29, 1.82) is 0 Å². The topological polar surface area (TPSA) is 40.5 Å². The summed E-state index contributed by atoms with van der Waals surface area (Å²) in [7, 11) is 0. The van der Waals surface area contributed by atoms with Gasteiger partial charge in [0.2, 0.25) is 0 Å². The smallest absolute Gasteiger partial charge is 0.407 e. The van der Waals surface area contributed by atoms with Gasteiger partial charge in [-0.15, -0.1) is 0 Å². The second-order valence-electron chi connectivity index (χ2n) is 3.37. The van der Waals surface area contributed by atoms with E-state index in [1.807, 2.05) is 12.1 Å². The van der Waals surface area contributed by atoms with Gasteiger partial charge in [0.05, 0.1) is 0 Å². The Bertz CT molecular complexity index is 378. The Morgan fingerprint density at radius 2 is 2.21 bits per heavy atom. The number of nitrogens with zero attached hydrogens (tertiary/aromatic N) is 1. The van der Waals surface area contributed by atoms with Crippen molar-refractivity contribution in [3.8, 4) is 0 Å². The molecule has 1 N–H and O–H groups in total. The number of hydrogen-bond acceptors (Lipinski definition) is 1. The lowest BCUT2D eigenvalue weighted by molar-refractivity contribution is 0.140. The molecule has 1 aliphatic heterocycles. The average Bonchev–Trinajstić information content (AvgIpc) is 2.16. The van der Waals surface area contributed by atoms with Crippen LogP contribution in [0.2, 0.25) is 0 Å². The Labute approximate surface area is 90.5 Å². The number of carbonyl (C=O) groups is 1. The normalized spacial score (nSPS) is 15.1. The number of rotatable bonds is 0. The van der Waals surface area contributed by atoms with Gasteiger partial charge in [-0.05, 0) is 29.7 Å². The minimum absolute atomic E-state index is 0.512. The summed E-state index contributed by atoms with van der Waals surface area (Å²) in [4.78, 5) is 12.2. The molecule has 0 fully saturated rings. The van der Waals surface area contributed by atoms with Crippen molar-refractivity contribution >= 4 is 22.0 Å². The van der Waals surface area contributed by atoms with Crippen molar-refractivity contribution in [3.63, 3.8) is 0 Å². The number of halogens is 1. The standard InChI is InChI=1S/C10H10BrNO2/c11-9-2-1-8-6-12(10(13)14)4-3-7(8)5-9/h1-2,5H,3-4,6H2,(H,13,14). The first-order valence-corrected chi connectivity index (χ1v) is 5.21. The first kappa shape index (κ1) is 9.52. The molecule has 1 heterocycles. The second kappa shape index (κ2) is 3.61. The van der Waals surface area contributed by atoms with Crippen LogP contribution in [-0.4, -0.2) is 22.6 Å². The van der Waals surface area contributed by atoms with Crippen LogP contribution in [0, 0.1) is 0 Å². The van der Waals surface area contributed by atoms with E-state index in [-0.39, 0.29) is 0 Å². The van der Waals surface area contributed by atoms with Crippen LogP contribution in [0.25, 0.3) is 0 Å². The van der Waals surface area contributed by atoms with Gasteiger partial charge in [0.25, 0.3) is 0 Å². The Balaban J connectivity index is 2.27. The molecule has 0 spiro atoms. The molecule has 1 aromatic carbocycles. The lowest BCUT2D eigenvalue weighted by Gasteiger charge is -2.26. The predicted molar refractivity (Wildman–Crippen MR) is 56.3 cm³/mol. The molecule has 3 nitrogen and oxygen atoms in total. The molecule has 2 rings (SSSR count). The van der Waals surface area contributed by atoms with Crippen molar-refractivity contribution in [3.05, 3.63) is 33.8 Å². The molecule has 4 heteroatoms. The van der Waals surface area contributed by atoms with Crippen LogP contribution in [0.15, 0.2) is 22.7 Å². The summed E-state index contributed by atoms with van der Waals surface area (Å²) >= 11 is 3.40. The van der Waals surface area contributed by atoms with E-state index in [4.69, 9.17) is 5.11 Å². The van der Waals surface area contributed by atoms with Crippen molar-refractivity contribution in [2.45, 2.75) is 13.0 Å². The van der Waals surface area contributed by atoms with Gasteiger partial charge in [-0.3, -0.25) is 0 Å². The largest absolute Gasteiger partial charge is 0.465 e. The highest BCUT2D eigenvalue weighted by molar-refractivity contribution is 9.10. The van der Waals surface area contributed by atoms with Gasteiger partial charge in [-0.25, -0.2) is 4.79 Å². The summed E-state index contributed by atoms with van der Waals surface area (Å²) in [6, 6.07) is 5.99. The van der Waals surface area contributed by atoms with Gasteiger partial charge >= 0.3 is 6.09 Å². The molecule has 0 aromatic heterocycles. The van der Waals surface area contributed by atoms with Gasteiger partial charge in [-0.2, -0.15) is 0 Å². The molecule has 0 atom stereocenters. The highest BCUT2D eigenvalue weighted by Gasteiger charge is 2.19. The quantitative estimate of drug-likeness (QED) is 0.774. The van der Waals surface area contributed by atoms with Gasteiger partial charge in [0.1, 0.15) is 0 Å². The lowest BCUT2D eigenvalue weighted by atomic mass is 10.0. The third-order valence-electron chi connectivity index (χ3n) is 2.45. The maximum atomic E-state index is 10.7. The molecule has 0 unspecified atom stereocenters. The first-order valence-electron chi connectivity index (χ1n) is 4.42. The molecule has 0 saturated heterocycles. The van der Waals surface area contributed by atoms with Gasteiger partial charge in [0.15, 0.2) is 0 Å². The molecule has 1 aromatic rings. The van der Waals surface area contributed by atoms with Crippen LogP contribution in [0.3, 0.4) is 0 Å². The lowest BCUT2D eigenvalue weighted by Crippen LogP contribution is -2.34. The number of fused-ring (bicyclic) bond motifs is 1. The van der Waals surface area contributed by atoms with Crippen LogP contribution in [0.1, 0.15) is 11.1 Å². The van der Waals surface area contributed by atoms with Gasteiger partial charge < -0.3 is 10.0 Å². The molecular formula is C10H10BrNO2. The molecule has 74 valence electrons. The summed E-state index contributed by atoms with van der Waals surface area (Å²) in [5, 5.41) is 8.84. The van der Waals surface area contributed by atoms with E-state index in [1.165, 1.54) is 10.5 Å². The number of carboxylic acid groups (broad SMARTS) is 1. The highest BCUT2D eigenvalue weighted by Crippen LogP contribution is 2.22. The fourth-order valence-electron chi connectivity index (χ4n) is 1.68. The van der Waals surface area contributed by atoms with Gasteiger partial charge in [-0.1, -0.05) is 22.0 Å². The molecule has 0 bridgehead atoms. The Hall–Kier alpha value is -1.03. The summed E-state index contributed by atoms with van der Waals surface area (Å²) in [5.74, 6) is 0. The van der Waals surface area contributed by atoms with Crippen molar-refractivity contribution < 1.29 is 9.90 Å². The van der Waals surface area contributed by atoms with Crippen LogP contribution < -0.4 is 0 Å². The van der Waals surface area contributed by atoms with Crippen LogP contribution in [0.4, 0.5) is 4.79 Å². The zero-order valence-corrected chi connectivity index (χ0v) is 9.12. The van der Waals surface area contributed by atoms with E-state index in [0.717, 1.165) is 16.5 Å². The SMILES string of the molecule is O=C(O)N1CCc2cc(Br)ccc2C1. The van der Waals surface area contributed by atoms with Gasteiger partial charge in [0, 0.05) is 17.6 Å². The maximum absolute atomic E-state index is 10.7. The first-order chi connectivity index (χ1) is 6.66. The third kappa shape index (κ3) is 1.75. The van der Waals surface area contributed by atoms with E-state index in [0.29, 0.717) is 13.1 Å². The Morgan fingerprint density at radius 1 is 1.43 bits per heavy atom. The zero-order chi connectivity index (χ0) is 10.1. The molecular weight excluding hydrogens is 246 g/mol. The predicted octanol–water partition coefficient (Wildman–Crippen LogP) is 2.49. The molecule has 0 radical (unpaired) electrons. The molecule has 0 saturated carbocycles. The summed E-state index contributed by atoms with van der Waals surface area (Å²) < 4.78 is 1.06. The summed E-state index contributed by atoms with van der Waals surface area (Å²) in [6.07, 6.45) is -0.0280. The minimum Gasteiger partial charge on any atom is -0.465 e. The van der Waals surface area contributed by atoms with Crippen molar-refractivity contribution in [1.82, 2.24) is 4.90 Å². The van der Waals surface area contributed by atoms with E-state index in [1.54, 1.807) is 0 Å². The zero-order valence-electron chi connectivity index (χ0n) is 7.53. The number of hydrogen-bond donors (Lipinski definition) is 1. The van der Waals surface area contributed by atoms with Crippen LogP contribution in [0.5, 0.6) is 0 Å². The monoisotopic (exact) mass is 255 g/mol. The number of amides is 1.